The Balaban J connectivity index is 2.45. The maximum absolute atomic E-state index is 12.1. The van der Waals surface area contributed by atoms with E-state index in [1.54, 1.807) is 7.05 Å². The van der Waals surface area contributed by atoms with Crippen LogP contribution in [0.15, 0.2) is 29.1 Å². The predicted octanol–water partition coefficient (Wildman–Crippen LogP) is 3.26. The van der Waals surface area contributed by atoms with E-state index in [9.17, 15) is 14.7 Å². The molecule has 1 heterocycles. The summed E-state index contributed by atoms with van der Waals surface area (Å²) in [4.78, 5) is 28.0. The summed E-state index contributed by atoms with van der Waals surface area (Å²) in [6.07, 6.45) is 0.414. The highest BCUT2D eigenvalue weighted by Gasteiger charge is 2.37. The standard InChI is InChI=1S/C19H27N3O3/c1-18(2,3)19(4,5)11-13(16(23)24)20-15-12-9-7-8-10-14(12)22(6)17(25)21-15/h7-10,13H,11H2,1-6H3,(H,23,24)(H,20,21,25)/t13-/m0/s1. The number of carboxylic acids is 1. The van der Waals surface area contributed by atoms with Crippen molar-refractivity contribution in [2.75, 3.05) is 5.32 Å². The van der Waals surface area contributed by atoms with E-state index in [4.69, 9.17) is 0 Å². The third-order valence-electron chi connectivity index (χ3n) is 5.37. The van der Waals surface area contributed by atoms with Gasteiger partial charge >= 0.3 is 11.7 Å². The van der Waals surface area contributed by atoms with Crippen molar-refractivity contribution in [1.82, 2.24) is 9.55 Å². The summed E-state index contributed by atoms with van der Waals surface area (Å²) in [6.45, 7) is 10.4. The van der Waals surface area contributed by atoms with Crippen LogP contribution in [-0.2, 0) is 11.8 Å². The second-order valence-electron chi connectivity index (χ2n) is 8.19. The Hall–Kier alpha value is -2.37. The van der Waals surface area contributed by atoms with Crippen LogP contribution in [0.3, 0.4) is 0 Å². The van der Waals surface area contributed by atoms with Crippen molar-refractivity contribution in [3.8, 4) is 0 Å². The molecule has 6 heteroatoms. The van der Waals surface area contributed by atoms with Gasteiger partial charge in [0.05, 0.1) is 5.52 Å². The fraction of sp³-hybridized carbons (Fsp3) is 0.526. The van der Waals surface area contributed by atoms with Crippen molar-refractivity contribution in [1.29, 1.82) is 0 Å². The van der Waals surface area contributed by atoms with E-state index in [-0.39, 0.29) is 10.8 Å². The van der Waals surface area contributed by atoms with Gasteiger partial charge in [0.25, 0.3) is 0 Å². The van der Waals surface area contributed by atoms with E-state index < -0.39 is 17.7 Å². The fourth-order valence-electron chi connectivity index (χ4n) is 2.59. The molecule has 0 aliphatic carbocycles. The van der Waals surface area contributed by atoms with Crippen molar-refractivity contribution in [3.63, 3.8) is 0 Å². The van der Waals surface area contributed by atoms with E-state index in [1.165, 1.54) is 4.57 Å². The van der Waals surface area contributed by atoms with E-state index >= 15 is 0 Å². The Morgan fingerprint density at radius 1 is 1.24 bits per heavy atom. The molecule has 136 valence electrons. The minimum atomic E-state index is -0.955. The number of fused-ring (bicyclic) bond motifs is 1. The molecule has 0 fully saturated rings. The van der Waals surface area contributed by atoms with Crippen molar-refractivity contribution < 1.29 is 9.90 Å². The number of anilines is 1. The fourth-order valence-corrected chi connectivity index (χ4v) is 2.59. The van der Waals surface area contributed by atoms with Crippen molar-refractivity contribution in [2.24, 2.45) is 17.9 Å². The van der Waals surface area contributed by atoms with Gasteiger partial charge in [0.15, 0.2) is 0 Å². The molecular weight excluding hydrogens is 318 g/mol. The normalized spacial score (nSPS) is 13.7. The number of nitrogens with zero attached hydrogens (tertiary/aromatic N) is 2. The van der Waals surface area contributed by atoms with Crippen molar-refractivity contribution in [2.45, 2.75) is 47.1 Å². The molecule has 1 atom stereocenters. The number of para-hydroxylation sites is 1. The number of aliphatic carboxylic acids is 1. The van der Waals surface area contributed by atoms with Gasteiger partial charge in [0, 0.05) is 12.4 Å². The molecule has 0 spiro atoms. The first-order valence-electron chi connectivity index (χ1n) is 8.39. The lowest BCUT2D eigenvalue weighted by Gasteiger charge is -2.40. The van der Waals surface area contributed by atoms with Crippen LogP contribution in [0.1, 0.15) is 41.0 Å². The molecule has 6 nitrogen and oxygen atoms in total. The van der Waals surface area contributed by atoms with E-state index in [0.717, 1.165) is 5.39 Å². The molecule has 2 N–H and O–H groups in total. The lowest BCUT2D eigenvalue weighted by molar-refractivity contribution is -0.139. The third kappa shape index (κ3) is 3.83. The van der Waals surface area contributed by atoms with Crippen LogP contribution in [0, 0.1) is 10.8 Å². The topological polar surface area (TPSA) is 84.2 Å². The van der Waals surface area contributed by atoms with Gasteiger partial charge in [0.1, 0.15) is 11.9 Å². The van der Waals surface area contributed by atoms with Crippen LogP contribution in [0.5, 0.6) is 0 Å². The maximum atomic E-state index is 12.1. The molecule has 1 aromatic carbocycles. The molecule has 0 amide bonds. The number of rotatable bonds is 5. The van der Waals surface area contributed by atoms with Gasteiger partial charge in [-0.15, -0.1) is 0 Å². The molecule has 25 heavy (non-hydrogen) atoms. The number of aryl methyl sites for hydroxylation is 1. The number of benzene rings is 1. The number of hydrogen-bond donors (Lipinski definition) is 2. The SMILES string of the molecule is Cn1c(=O)nc(N[C@@H](CC(C)(C)C(C)(C)C)C(=O)O)c2ccccc21. The molecule has 0 saturated heterocycles. The lowest BCUT2D eigenvalue weighted by atomic mass is 9.66. The maximum Gasteiger partial charge on any atom is 0.349 e. The average Bonchev–Trinajstić information content (AvgIpc) is 2.50. The molecule has 1 aromatic heterocycles. The van der Waals surface area contributed by atoms with Gasteiger partial charge in [-0.1, -0.05) is 46.8 Å². The summed E-state index contributed by atoms with van der Waals surface area (Å²) < 4.78 is 1.45. The molecule has 0 saturated carbocycles. The molecule has 0 aliphatic heterocycles. The summed E-state index contributed by atoms with van der Waals surface area (Å²) in [7, 11) is 1.65. The molecule has 0 bridgehead atoms. The average molecular weight is 345 g/mol. The minimum Gasteiger partial charge on any atom is -0.480 e. The Kier molecular flexibility index (Phi) is 4.93. The minimum absolute atomic E-state index is 0.0648. The van der Waals surface area contributed by atoms with Gasteiger partial charge in [-0.3, -0.25) is 4.57 Å². The summed E-state index contributed by atoms with van der Waals surface area (Å²) >= 11 is 0. The zero-order chi connectivity index (χ0) is 19.0. The first kappa shape index (κ1) is 19.0. The van der Waals surface area contributed by atoms with E-state index in [1.807, 2.05) is 24.3 Å². The third-order valence-corrected chi connectivity index (χ3v) is 5.37. The summed E-state index contributed by atoms with van der Waals surface area (Å²) in [5, 5.41) is 13.4. The van der Waals surface area contributed by atoms with Crippen molar-refractivity contribution in [3.05, 3.63) is 34.7 Å². The summed E-state index contributed by atoms with van der Waals surface area (Å²) in [6, 6.07) is 6.49. The number of carbonyl (C=O) groups is 1. The van der Waals surface area contributed by atoms with Gasteiger partial charge in [-0.25, -0.2) is 9.59 Å². The van der Waals surface area contributed by atoms with Gasteiger partial charge in [0.2, 0.25) is 0 Å². The molecule has 2 aromatic rings. The van der Waals surface area contributed by atoms with Gasteiger partial charge in [-0.2, -0.15) is 4.98 Å². The van der Waals surface area contributed by atoms with Crippen LogP contribution in [0.2, 0.25) is 0 Å². The van der Waals surface area contributed by atoms with Crippen LogP contribution >= 0.6 is 0 Å². The number of aromatic nitrogens is 2. The Labute approximate surface area is 147 Å². The highest BCUT2D eigenvalue weighted by molar-refractivity contribution is 5.91. The zero-order valence-corrected chi connectivity index (χ0v) is 15.8. The first-order chi connectivity index (χ1) is 11.4. The van der Waals surface area contributed by atoms with Crippen LogP contribution in [0.4, 0.5) is 5.82 Å². The first-order valence-corrected chi connectivity index (χ1v) is 8.39. The van der Waals surface area contributed by atoms with E-state index in [2.05, 4.69) is 44.9 Å². The van der Waals surface area contributed by atoms with Crippen LogP contribution in [0.25, 0.3) is 10.9 Å². The summed E-state index contributed by atoms with van der Waals surface area (Å²) in [5.41, 5.74) is 0.00757. The molecule has 0 aliphatic rings. The Bertz CT molecular complexity index is 847. The zero-order valence-electron chi connectivity index (χ0n) is 15.8. The highest BCUT2D eigenvalue weighted by Crippen LogP contribution is 2.42. The number of nitrogens with one attached hydrogen (secondary N) is 1. The van der Waals surface area contributed by atoms with Crippen molar-refractivity contribution >= 4 is 22.7 Å². The van der Waals surface area contributed by atoms with E-state index in [0.29, 0.717) is 17.8 Å². The molecule has 2 rings (SSSR count). The lowest BCUT2D eigenvalue weighted by Crippen LogP contribution is -2.40. The molecular formula is C19H27N3O3. The second kappa shape index (κ2) is 6.50. The second-order valence-corrected chi connectivity index (χ2v) is 8.19. The highest BCUT2D eigenvalue weighted by atomic mass is 16.4. The summed E-state index contributed by atoms with van der Waals surface area (Å²) in [5.74, 6) is -0.639. The molecule has 0 unspecified atom stereocenters. The number of hydrogen-bond acceptors (Lipinski definition) is 4. The number of carboxylic acid groups (broad SMARTS) is 1. The monoisotopic (exact) mass is 345 g/mol. The van der Waals surface area contributed by atoms with Crippen LogP contribution < -0.4 is 11.0 Å². The van der Waals surface area contributed by atoms with Gasteiger partial charge in [-0.05, 0) is 29.4 Å². The van der Waals surface area contributed by atoms with Gasteiger partial charge < -0.3 is 10.4 Å². The quantitative estimate of drug-likeness (QED) is 0.869. The van der Waals surface area contributed by atoms with Crippen LogP contribution in [-0.4, -0.2) is 26.7 Å². The largest absolute Gasteiger partial charge is 0.480 e. The predicted molar refractivity (Wildman–Crippen MR) is 99.9 cm³/mol. The Morgan fingerprint density at radius 2 is 1.84 bits per heavy atom. The molecule has 0 radical (unpaired) electrons. The smallest absolute Gasteiger partial charge is 0.349 e. The Morgan fingerprint density at radius 3 is 2.40 bits per heavy atom.